The lowest BCUT2D eigenvalue weighted by Gasteiger charge is -2.12. The molecule has 1 amide bonds. The first-order valence-corrected chi connectivity index (χ1v) is 9.26. The summed E-state index contributed by atoms with van der Waals surface area (Å²) in [4.78, 5) is 11.9. The lowest BCUT2D eigenvalue weighted by atomic mass is 9.97. The zero-order valence-corrected chi connectivity index (χ0v) is 14.3. The number of amides is 1. The predicted octanol–water partition coefficient (Wildman–Crippen LogP) is 3.84. The Morgan fingerprint density at radius 3 is 2.88 bits per heavy atom. The van der Waals surface area contributed by atoms with Crippen molar-refractivity contribution in [2.24, 2.45) is 0 Å². The van der Waals surface area contributed by atoms with E-state index >= 15 is 0 Å². The minimum Gasteiger partial charge on any atom is -0.411 e. The quantitative estimate of drug-likeness (QED) is 0.611. The van der Waals surface area contributed by atoms with Gasteiger partial charge < -0.3 is 9.73 Å². The van der Waals surface area contributed by atoms with Crippen molar-refractivity contribution in [1.82, 2.24) is 15.5 Å². The van der Waals surface area contributed by atoms with Gasteiger partial charge >= 0.3 is 0 Å². The summed E-state index contributed by atoms with van der Waals surface area (Å²) in [5, 5.41) is 11.4. The highest BCUT2D eigenvalue weighted by molar-refractivity contribution is 7.99. The van der Waals surface area contributed by atoms with Crippen molar-refractivity contribution in [1.29, 1.82) is 0 Å². The molecule has 1 aliphatic carbocycles. The molecule has 6 heteroatoms. The Kier molecular flexibility index (Phi) is 6.07. The predicted molar refractivity (Wildman–Crippen MR) is 94.6 cm³/mol. The SMILES string of the molecule is O=C(CSc1nnc(-c2ccccc2)o1)NCCC1=CCCCC1. The topological polar surface area (TPSA) is 68.0 Å². The van der Waals surface area contributed by atoms with E-state index in [1.807, 2.05) is 30.3 Å². The maximum Gasteiger partial charge on any atom is 0.277 e. The van der Waals surface area contributed by atoms with Crippen LogP contribution in [0, 0.1) is 0 Å². The van der Waals surface area contributed by atoms with Crippen molar-refractivity contribution >= 4 is 17.7 Å². The number of allylic oxidation sites excluding steroid dienone is 1. The molecule has 126 valence electrons. The number of hydrogen-bond donors (Lipinski definition) is 1. The lowest BCUT2D eigenvalue weighted by molar-refractivity contribution is -0.118. The highest BCUT2D eigenvalue weighted by Crippen LogP contribution is 2.23. The highest BCUT2D eigenvalue weighted by atomic mass is 32.2. The van der Waals surface area contributed by atoms with Gasteiger partial charge in [0.25, 0.3) is 5.22 Å². The third-order valence-corrected chi connectivity index (χ3v) is 4.73. The standard InChI is InChI=1S/C18H21N3O2S/c22-16(19-12-11-14-7-3-1-4-8-14)13-24-18-21-20-17(23-18)15-9-5-2-6-10-15/h2,5-7,9-10H,1,3-4,8,11-13H2,(H,19,22). The van der Waals surface area contributed by atoms with E-state index in [4.69, 9.17) is 4.42 Å². The van der Waals surface area contributed by atoms with Crippen LogP contribution in [-0.4, -0.2) is 28.4 Å². The van der Waals surface area contributed by atoms with Crippen LogP contribution in [0.3, 0.4) is 0 Å². The zero-order chi connectivity index (χ0) is 16.6. The van der Waals surface area contributed by atoms with E-state index in [-0.39, 0.29) is 11.7 Å². The van der Waals surface area contributed by atoms with Gasteiger partial charge in [0, 0.05) is 12.1 Å². The Morgan fingerprint density at radius 1 is 1.21 bits per heavy atom. The van der Waals surface area contributed by atoms with Crippen molar-refractivity contribution in [3.05, 3.63) is 42.0 Å². The van der Waals surface area contributed by atoms with E-state index in [9.17, 15) is 4.79 Å². The second kappa shape index (κ2) is 8.68. The summed E-state index contributed by atoms with van der Waals surface area (Å²) in [6.45, 7) is 0.699. The molecule has 1 N–H and O–H groups in total. The van der Waals surface area contributed by atoms with E-state index < -0.39 is 0 Å². The van der Waals surface area contributed by atoms with Gasteiger partial charge in [-0.25, -0.2) is 0 Å². The highest BCUT2D eigenvalue weighted by Gasteiger charge is 2.11. The van der Waals surface area contributed by atoms with Crippen molar-refractivity contribution in [2.75, 3.05) is 12.3 Å². The third kappa shape index (κ3) is 4.96. The van der Waals surface area contributed by atoms with Crippen molar-refractivity contribution in [3.63, 3.8) is 0 Å². The molecule has 24 heavy (non-hydrogen) atoms. The summed E-state index contributed by atoms with van der Waals surface area (Å²) >= 11 is 1.26. The average Bonchev–Trinajstić information content (AvgIpc) is 3.11. The Bertz CT molecular complexity index is 697. The Labute approximate surface area is 145 Å². The largest absolute Gasteiger partial charge is 0.411 e. The molecule has 0 spiro atoms. The molecule has 0 radical (unpaired) electrons. The molecule has 0 fully saturated rings. The smallest absolute Gasteiger partial charge is 0.277 e. The zero-order valence-electron chi connectivity index (χ0n) is 13.5. The summed E-state index contributed by atoms with van der Waals surface area (Å²) in [6.07, 6.45) is 8.19. The van der Waals surface area contributed by atoms with E-state index in [2.05, 4.69) is 21.6 Å². The Balaban J connectivity index is 1.40. The molecule has 0 unspecified atom stereocenters. The van der Waals surface area contributed by atoms with Gasteiger partial charge in [-0.15, -0.1) is 10.2 Å². The first kappa shape index (κ1) is 16.8. The fraction of sp³-hybridized carbons (Fsp3) is 0.389. The van der Waals surface area contributed by atoms with Crippen LogP contribution in [0.25, 0.3) is 11.5 Å². The van der Waals surface area contributed by atoms with Crippen LogP contribution in [0.4, 0.5) is 0 Å². The first-order chi connectivity index (χ1) is 11.8. The molecule has 0 aliphatic heterocycles. The molecule has 1 aliphatic rings. The van der Waals surface area contributed by atoms with Crippen LogP contribution in [0.15, 0.2) is 51.6 Å². The minimum atomic E-state index is -0.00382. The lowest BCUT2D eigenvalue weighted by Crippen LogP contribution is -2.26. The number of thioether (sulfide) groups is 1. The Hall–Kier alpha value is -2.08. The molecule has 1 aromatic heterocycles. The number of nitrogens with zero attached hydrogens (tertiary/aromatic N) is 2. The van der Waals surface area contributed by atoms with Gasteiger partial charge in [0.15, 0.2) is 0 Å². The number of carbonyl (C=O) groups is 1. The number of benzene rings is 1. The first-order valence-electron chi connectivity index (χ1n) is 8.27. The molecular weight excluding hydrogens is 322 g/mol. The summed E-state index contributed by atoms with van der Waals surface area (Å²) < 4.78 is 5.57. The average molecular weight is 343 g/mol. The van der Waals surface area contributed by atoms with Crippen molar-refractivity contribution in [3.8, 4) is 11.5 Å². The fourth-order valence-electron chi connectivity index (χ4n) is 2.64. The van der Waals surface area contributed by atoms with Gasteiger partial charge in [0.2, 0.25) is 11.8 Å². The second-order valence-electron chi connectivity index (χ2n) is 5.74. The van der Waals surface area contributed by atoms with Crippen LogP contribution in [0.1, 0.15) is 32.1 Å². The van der Waals surface area contributed by atoms with Crippen molar-refractivity contribution in [2.45, 2.75) is 37.3 Å². The minimum absolute atomic E-state index is 0.00382. The second-order valence-corrected chi connectivity index (χ2v) is 6.66. The van der Waals surface area contributed by atoms with Gasteiger partial charge in [-0.05, 0) is 44.2 Å². The summed E-state index contributed by atoms with van der Waals surface area (Å²) in [5.41, 5.74) is 2.35. The Morgan fingerprint density at radius 2 is 2.08 bits per heavy atom. The summed E-state index contributed by atoms with van der Waals surface area (Å²) in [5.74, 6) is 0.758. The van der Waals surface area contributed by atoms with Gasteiger partial charge in [0.05, 0.1) is 5.75 Å². The van der Waals surface area contributed by atoms with E-state index in [1.165, 1.54) is 43.0 Å². The van der Waals surface area contributed by atoms with Crippen LogP contribution in [-0.2, 0) is 4.79 Å². The molecule has 1 heterocycles. The van der Waals surface area contributed by atoms with Crippen molar-refractivity contribution < 1.29 is 9.21 Å². The maximum atomic E-state index is 11.9. The molecule has 0 bridgehead atoms. The maximum absolute atomic E-state index is 11.9. The van der Waals surface area contributed by atoms with Crippen LogP contribution < -0.4 is 5.32 Å². The number of nitrogens with one attached hydrogen (secondary N) is 1. The number of aromatic nitrogens is 2. The molecule has 2 aromatic rings. The monoisotopic (exact) mass is 343 g/mol. The third-order valence-electron chi connectivity index (χ3n) is 3.91. The fourth-order valence-corrected chi connectivity index (χ4v) is 3.23. The molecule has 0 atom stereocenters. The number of rotatable bonds is 7. The van der Waals surface area contributed by atoms with Gasteiger partial charge in [-0.2, -0.15) is 0 Å². The summed E-state index contributed by atoms with van der Waals surface area (Å²) in [7, 11) is 0. The van der Waals surface area contributed by atoms with Crippen LogP contribution in [0.2, 0.25) is 0 Å². The summed E-state index contributed by atoms with van der Waals surface area (Å²) in [6, 6.07) is 9.59. The number of carbonyl (C=O) groups excluding carboxylic acids is 1. The normalized spacial score (nSPS) is 14.2. The van der Waals surface area contributed by atoms with E-state index in [0.29, 0.717) is 17.7 Å². The molecule has 0 saturated carbocycles. The van der Waals surface area contributed by atoms with Gasteiger partial charge in [-0.1, -0.05) is 41.6 Å². The van der Waals surface area contributed by atoms with Gasteiger partial charge in [0.1, 0.15) is 0 Å². The molecule has 0 saturated heterocycles. The van der Waals surface area contributed by atoms with Crippen LogP contribution in [0.5, 0.6) is 0 Å². The van der Waals surface area contributed by atoms with E-state index in [0.717, 1.165) is 12.0 Å². The number of hydrogen-bond acceptors (Lipinski definition) is 5. The molecular formula is C18H21N3O2S. The van der Waals surface area contributed by atoms with Gasteiger partial charge in [-0.3, -0.25) is 4.79 Å². The van der Waals surface area contributed by atoms with E-state index in [1.54, 1.807) is 0 Å². The molecule has 5 nitrogen and oxygen atoms in total. The molecule has 1 aromatic carbocycles. The molecule has 3 rings (SSSR count). The van der Waals surface area contributed by atoms with Crippen LogP contribution >= 0.6 is 11.8 Å².